The third-order valence-corrected chi connectivity index (χ3v) is 5.18. The second-order valence-electron chi connectivity index (χ2n) is 7.76. The molecule has 0 saturated carbocycles. The number of amides is 1. The summed E-state index contributed by atoms with van der Waals surface area (Å²) in [7, 11) is 0. The molecule has 8 nitrogen and oxygen atoms in total. The van der Waals surface area contributed by atoms with Gasteiger partial charge in [0.25, 0.3) is 0 Å². The van der Waals surface area contributed by atoms with Gasteiger partial charge in [-0.2, -0.15) is 5.10 Å². The van der Waals surface area contributed by atoms with E-state index in [2.05, 4.69) is 41.5 Å². The Balaban J connectivity index is 1.52. The van der Waals surface area contributed by atoms with Crippen LogP contribution in [0.1, 0.15) is 25.1 Å². The lowest BCUT2D eigenvalue weighted by Crippen LogP contribution is -2.17. The first-order chi connectivity index (χ1) is 15.1. The summed E-state index contributed by atoms with van der Waals surface area (Å²) in [5, 5.41) is 11.4. The van der Waals surface area contributed by atoms with Gasteiger partial charge in [-0.1, -0.05) is 19.9 Å². The SMILES string of the molecule is CC(C)C(=O)Nc1cncc(-c2cc3c(-c4cc5c([nH]4)CN=CC=C5)n[nH]c3cn2)c1. The maximum atomic E-state index is 12.0. The van der Waals surface area contributed by atoms with Crippen molar-refractivity contribution in [1.29, 1.82) is 0 Å². The standard InChI is InChI=1S/C23H21N7O/c1-13(2)23(31)27-16-6-15(9-25-10-16)18-8-17-21(12-26-18)29-30-22(17)19-7-14-4-3-5-24-11-20(14)28-19/h3-10,12-13,28H,11H2,1-2H3,(H,27,31)(H,29,30). The third-order valence-electron chi connectivity index (χ3n) is 5.18. The van der Waals surface area contributed by atoms with Crippen molar-refractivity contribution in [3.8, 4) is 22.6 Å². The van der Waals surface area contributed by atoms with Crippen LogP contribution in [0.5, 0.6) is 0 Å². The molecule has 0 spiro atoms. The van der Waals surface area contributed by atoms with Crippen molar-refractivity contribution >= 4 is 34.8 Å². The van der Waals surface area contributed by atoms with Gasteiger partial charge in [0.15, 0.2) is 0 Å². The van der Waals surface area contributed by atoms with Crippen LogP contribution in [0.15, 0.2) is 47.9 Å². The number of pyridine rings is 2. The molecule has 0 fully saturated rings. The molecule has 0 unspecified atom stereocenters. The maximum Gasteiger partial charge on any atom is 0.226 e. The molecule has 5 rings (SSSR count). The number of nitrogens with one attached hydrogen (secondary N) is 3. The molecule has 4 aromatic heterocycles. The number of aromatic amines is 2. The molecular weight excluding hydrogens is 390 g/mol. The zero-order valence-corrected chi connectivity index (χ0v) is 17.2. The summed E-state index contributed by atoms with van der Waals surface area (Å²) in [5.41, 5.74) is 6.96. The Kier molecular flexibility index (Phi) is 4.66. The third kappa shape index (κ3) is 3.63. The lowest BCUT2D eigenvalue weighted by Gasteiger charge is -2.08. The summed E-state index contributed by atoms with van der Waals surface area (Å²) >= 11 is 0. The van der Waals surface area contributed by atoms with E-state index in [1.54, 1.807) is 24.8 Å². The Hall–Kier alpha value is -4.07. The minimum atomic E-state index is -0.108. The number of carbonyl (C=O) groups is 1. The van der Waals surface area contributed by atoms with Crippen molar-refractivity contribution in [3.05, 3.63) is 54.1 Å². The van der Waals surface area contributed by atoms with Crippen LogP contribution in [0.25, 0.3) is 39.6 Å². The lowest BCUT2D eigenvalue weighted by molar-refractivity contribution is -0.118. The molecule has 1 aliphatic heterocycles. The van der Waals surface area contributed by atoms with Crippen molar-refractivity contribution in [2.24, 2.45) is 10.9 Å². The normalized spacial score (nSPS) is 12.9. The average Bonchev–Trinajstić information content (AvgIpc) is 3.31. The fourth-order valence-corrected chi connectivity index (χ4v) is 3.49. The highest BCUT2D eigenvalue weighted by Crippen LogP contribution is 2.31. The van der Waals surface area contributed by atoms with E-state index in [1.165, 1.54) is 0 Å². The Labute approximate surface area is 178 Å². The van der Waals surface area contributed by atoms with Gasteiger partial charge in [-0.3, -0.25) is 24.9 Å². The molecule has 1 aliphatic rings. The topological polar surface area (TPSA) is 112 Å². The molecule has 3 N–H and O–H groups in total. The van der Waals surface area contributed by atoms with E-state index < -0.39 is 0 Å². The van der Waals surface area contributed by atoms with Gasteiger partial charge in [0.05, 0.1) is 41.5 Å². The van der Waals surface area contributed by atoms with Crippen molar-refractivity contribution in [1.82, 2.24) is 25.1 Å². The average molecular weight is 411 g/mol. The molecule has 0 aliphatic carbocycles. The highest BCUT2D eigenvalue weighted by atomic mass is 16.1. The lowest BCUT2D eigenvalue weighted by atomic mass is 10.1. The van der Waals surface area contributed by atoms with E-state index in [4.69, 9.17) is 0 Å². The molecule has 8 heteroatoms. The van der Waals surface area contributed by atoms with Crippen LogP contribution in [0.4, 0.5) is 5.69 Å². The minimum Gasteiger partial charge on any atom is -0.355 e. The van der Waals surface area contributed by atoms with E-state index in [0.29, 0.717) is 12.2 Å². The summed E-state index contributed by atoms with van der Waals surface area (Å²) < 4.78 is 0. The van der Waals surface area contributed by atoms with Gasteiger partial charge in [0.2, 0.25) is 5.91 Å². The predicted octanol–water partition coefficient (Wildman–Crippen LogP) is 4.21. The van der Waals surface area contributed by atoms with Crippen molar-refractivity contribution in [2.45, 2.75) is 20.4 Å². The van der Waals surface area contributed by atoms with Gasteiger partial charge in [-0.05, 0) is 29.8 Å². The number of aromatic nitrogens is 5. The molecule has 5 heterocycles. The smallest absolute Gasteiger partial charge is 0.226 e. The number of rotatable bonds is 4. The van der Waals surface area contributed by atoms with Crippen LogP contribution in [0.2, 0.25) is 0 Å². The minimum absolute atomic E-state index is 0.0515. The Bertz CT molecular complexity index is 1340. The number of allylic oxidation sites excluding steroid dienone is 1. The van der Waals surface area contributed by atoms with Crippen LogP contribution >= 0.6 is 0 Å². The second-order valence-corrected chi connectivity index (χ2v) is 7.76. The van der Waals surface area contributed by atoms with Gasteiger partial charge in [-0.25, -0.2) is 0 Å². The van der Waals surface area contributed by atoms with Crippen LogP contribution in [-0.2, 0) is 11.3 Å². The summed E-state index contributed by atoms with van der Waals surface area (Å²) in [5.74, 6) is -0.160. The molecule has 0 saturated heterocycles. The van der Waals surface area contributed by atoms with E-state index in [9.17, 15) is 4.79 Å². The van der Waals surface area contributed by atoms with Gasteiger partial charge in [0.1, 0.15) is 5.69 Å². The van der Waals surface area contributed by atoms with Crippen LogP contribution in [0.3, 0.4) is 0 Å². The Morgan fingerprint density at radius 1 is 1.16 bits per heavy atom. The molecule has 0 aromatic carbocycles. The fourth-order valence-electron chi connectivity index (χ4n) is 3.49. The van der Waals surface area contributed by atoms with Crippen molar-refractivity contribution in [3.63, 3.8) is 0 Å². The molecule has 1 amide bonds. The van der Waals surface area contributed by atoms with Gasteiger partial charge < -0.3 is 10.3 Å². The summed E-state index contributed by atoms with van der Waals surface area (Å²) in [6, 6.07) is 5.94. The Morgan fingerprint density at radius 2 is 2.06 bits per heavy atom. The summed E-state index contributed by atoms with van der Waals surface area (Å²) in [4.78, 5) is 28.6. The van der Waals surface area contributed by atoms with Gasteiger partial charge in [0, 0.05) is 35.0 Å². The highest BCUT2D eigenvalue weighted by Gasteiger charge is 2.15. The number of fused-ring (bicyclic) bond motifs is 2. The number of hydrogen-bond donors (Lipinski definition) is 3. The van der Waals surface area contributed by atoms with Gasteiger partial charge >= 0.3 is 0 Å². The molecule has 0 radical (unpaired) electrons. The van der Waals surface area contributed by atoms with E-state index in [0.717, 1.165) is 44.8 Å². The summed E-state index contributed by atoms with van der Waals surface area (Å²) in [6.07, 6.45) is 10.9. The molecule has 0 atom stereocenters. The first kappa shape index (κ1) is 18.9. The number of aliphatic imine (C=N–C) groups is 1. The van der Waals surface area contributed by atoms with Gasteiger partial charge in [-0.15, -0.1) is 0 Å². The molecule has 154 valence electrons. The molecular formula is C23H21N7O. The monoisotopic (exact) mass is 411 g/mol. The molecule has 31 heavy (non-hydrogen) atoms. The zero-order chi connectivity index (χ0) is 21.4. The van der Waals surface area contributed by atoms with Crippen molar-refractivity contribution < 1.29 is 4.79 Å². The number of nitrogens with zero attached hydrogens (tertiary/aromatic N) is 4. The number of H-pyrrole nitrogens is 2. The van der Waals surface area contributed by atoms with E-state index in [-0.39, 0.29) is 11.8 Å². The fraction of sp³-hybridized carbons (Fsp3) is 0.174. The number of anilines is 1. The number of hydrogen-bond acceptors (Lipinski definition) is 5. The first-order valence-electron chi connectivity index (χ1n) is 10.1. The quantitative estimate of drug-likeness (QED) is 0.467. The van der Waals surface area contributed by atoms with Crippen molar-refractivity contribution in [2.75, 3.05) is 5.32 Å². The first-order valence-corrected chi connectivity index (χ1v) is 10.1. The maximum absolute atomic E-state index is 12.0. The predicted molar refractivity (Wildman–Crippen MR) is 122 cm³/mol. The summed E-state index contributed by atoms with van der Waals surface area (Å²) in [6.45, 7) is 4.31. The highest BCUT2D eigenvalue weighted by molar-refractivity contribution is 5.95. The van der Waals surface area contributed by atoms with E-state index >= 15 is 0 Å². The molecule has 4 aromatic rings. The largest absolute Gasteiger partial charge is 0.355 e. The number of carbonyl (C=O) groups excluding carboxylic acids is 1. The van der Waals surface area contributed by atoms with Crippen LogP contribution in [-0.4, -0.2) is 37.3 Å². The molecule has 0 bridgehead atoms. The van der Waals surface area contributed by atoms with E-state index in [1.807, 2.05) is 38.1 Å². The van der Waals surface area contributed by atoms with Crippen LogP contribution < -0.4 is 5.32 Å². The van der Waals surface area contributed by atoms with Crippen LogP contribution in [0, 0.1) is 5.92 Å². The zero-order valence-electron chi connectivity index (χ0n) is 17.2. The Morgan fingerprint density at radius 3 is 2.94 bits per heavy atom. The second kappa shape index (κ2) is 7.64.